The Balaban J connectivity index is 2.22. The molecule has 0 saturated heterocycles. The maximum absolute atomic E-state index is 12.5. The van der Waals surface area contributed by atoms with Crippen molar-refractivity contribution in [3.8, 4) is 5.75 Å². The molecule has 1 N–H and O–H groups in total. The molecular weight excluding hydrogens is 470 g/mol. The summed E-state index contributed by atoms with van der Waals surface area (Å²) in [6, 6.07) is 7.77. The number of benzene rings is 1. The van der Waals surface area contributed by atoms with Crippen molar-refractivity contribution in [3.05, 3.63) is 76.8 Å². The van der Waals surface area contributed by atoms with E-state index in [1.165, 1.54) is 0 Å². The third kappa shape index (κ3) is 8.38. The number of nitrogens with one attached hydrogen (secondary N) is 1. The first-order valence-corrected chi connectivity index (χ1v) is 11.2. The first-order valence-electron chi connectivity index (χ1n) is 10.5. The second-order valence-electron chi connectivity index (χ2n) is 8.37. The van der Waals surface area contributed by atoms with Crippen molar-refractivity contribution < 1.29 is 14.3 Å². The van der Waals surface area contributed by atoms with Gasteiger partial charge in [-0.3, -0.25) is 4.99 Å². The van der Waals surface area contributed by atoms with E-state index in [1.54, 1.807) is 24.4 Å². The average Bonchev–Trinajstić information content (AvgIpc) is 2.75. The molecule has 0 saturated carbocycles. The predicted octanol–water partition coefficient (Wildman–Crippen LogP) is 5.90. The van der Waals surface area contributed by atoms with E-state index in [2.05, 4.69) is 32.8 Å². The van der Waals surface area contributed by atoms with Crippen LogP contribution in [0.1, 0.15) is 39.2 Å². The molecule has 0 fully saturated rings. The quantitative estimate of drug-likeness (QED) is 0.450. The Bertz CT molecular complexity index is 925. The van der Waals surface area contributed by atoms with E-state index in [-0.39, 0.29) is 12.0 Å². The molecule has 1 heterocycles. The molecular formula is C25H32BrN3O3. The van der Waals surface area contributed by atoms with Gasteiger partial charge in [0.25, 0.3) is 0 Å². The fourth-order valence-electron chi connectivity index (χ4n) is 2.85. The molecule has 0 bridgehead atoms. The second kappa shape index (κ2) is 11.7. The van der Waals surface area contributed by atoms with Gasteiger partial charge in [0, 0.05) is 30.2 Å². The lowest BCUT2D eigenvalue weighted by Crippen LogP contribution is -2.36. The fourth-order valence-corrected chi connectivity index (χ4v) is 2.98. The first-order chi connectivity index (χ1) is 15.1. The van der Waals surface area contributed by atoms with E-state index in [0.717, 1.165) is 15.6 Å². The molecule has 2 rings (SSSR count). The normalized spacial score (nSPS) is 15.1. The van der Waals surface area contributed by atoms with Gasteiger partial charge in [0.05, 0.1) is 12.7 Å². The fraction of sp³-hybridized carbons (Fsp3) is 0.360. The SMILES string of the molecule is C=C(/C=C\C(Br)=C/C)C(CN(C)C(=O)OC(C)(C)C)c1ccc(OC2=CN=CCN2)cc1. The summed E-state index contributed by atoms with van der Waals surface area (Å²) in [5, 5.41) is 3.11. The van der Waals surface area contributed by atoms with E-state index in [9.17, 15) is 4.79 Å². The molecule has 1 atom stereocenters. The van der Waals surface area contributed by atoms with Crippen molar-refractivity contribution in [2.75, 3.05) is 20.1 Å². The van der Waals surface area contributed by atoms with Crippen LogP contribution in [0.5, 0.6) is 5.75 Å². The summed E-state index contributed by atoms with van der Waals surface area (Å²) in [4.78, 5) is 18.2. The largest absolute Gasteiger partial charge is 0.444 e. The Morgan fingerprint density at radius 1 is 1.31 bits per heavy atom. The lowest BCUT2D eigenvalue weighted by Gasteiger charge is -2.28. The summed E-state index contributed by atoms with van der Waals surface area (Å²) in [5.74, 6) is 1.18. The highest BCUT2D eigenvalue weighted by Gasteiger charge is 2.24. The van der Waals surface area contributed by atoms with Crippen LogP contribution in [0.4, 0.5) is 4.79 Å². The summed E-state index contributed by atoms with van der Waals surface area (Å²) in [6.07, 6.45) is 8.90. The van der Waals surface area contributed by atoms with Gasteiger partial charge >= 0.3 is 6.09 Å². The molecule has 1 aliphatic heterocycles. The zero-order valence-electron chi connectivity index (χ0n) is 19.4. The van der Waals surface area contributed by atoms with E-state index >= 15 is 0 Å². The lowest BCUT2D eigenvalue weighted by molar-refractivity contribution is 0.0294. The maximum atomic E-state index is 12.5. The number of carbonyl (C=O) groups is 1. The van der Waals surface area contributed by atoms with Crippen LogP contribution in [-0.2, 0) is 4.74 Å². The van der Waals surface area contributed by atoms with Crippen LogP contribution in [0.3, 0.4) is 0 Å². The minimum atomic E-state index is -0.556. The van der Waals surface area contributed by atoms with Crippen LogP contribution >= 0.6 is 15.9 Å². The Morgan fingerprint density at radius 3 is 2.56 bits per heavy atom. The van der Waals surface area contributed by atoms with Gasteiger partial charge in [0.1, 0.15) is 11.4 Å². The van der Waals surface area contributed by atoms with Gasteiger partial charge < -0.3 is 19.7 Å². The summed E-state index contributed by atoms with van der Waals surface area (Å²) in [5.41, 5.74) is 1.33. The number of hydrogen-bond donors (Lipinski definition) is 1. The van der Waals surface area contributed by atoms with Gasteiger partial charge in [-0.2, -0.15) is 0 Å². The van der Waals surface area contributed by atoms with E-state index in [4.69, 9.17) is 9.47 Å². The molecule has 0 aliphatic carbocycles. The monoisotopic (exact) mass is 501 g/mol. The molecule has 1 unspecified atom stereocenters. The van der Waals surface area contributed by atoms with E-state index in [1.807, 2.05) is 70.2 Å². The summed E-state index contributed by atoms with van der Waals surface area (Å²) in [7, 11) is 1.74. The number of amides is 1. The van der Waals surface area contributed by atoms with Crippen molar-refractivity contribution in [2.45, 2.75) is 39.2 Å². The van der Waals surface area contributed by atoms with Crippen molar-refractivity contribution in [1.29, 1.82) is 0 Å². The van der Waals surface area contributed by atoms with Gasteiger partial charge in [-0.25, -0.2) is 4.79 Å². The van der Waals surface area contributed by atoms with Crippen LogP contribution in [-0.4, -0.2) is 42.9 Å². The molecule has 1 amide bonds. The van der Waals surface area contributed by atoms with Gasteiger partial charge in [-0.05, 0) is 57.0 Å². The smallest absolute Gasteiger partial charge is 0.410 e. The van der Waals surface area contributed by atoms with Crippen molar-refractivity contribution in [1.82, 2.24) is 10.2 Å². The van der Waals surface area contributed by atoms with Crippen molar-refractivity contribution >= 4 is 28.2 Å². The molecule has 7 heteroatoms. The van der Waals surface area contributed by atoms with Crippen LogP contribution in [0, 0.1) is 0 Å². The molecule has 1 aromatic carbocycles. The predicted molar refractivity (Wildman–Crippen MR) is 134 cm³/mol. The first kappa shape index (κ1) is 25.5. The van der Waals surface area contributed by atoms with Crippen LogP contribution in [0.2, 0.25) is 0 Å². The zero-order valence-corrected chi connectivity index (χ0v) is 21.0. The topological polar surface area (TPSA) is 63.2 Å². The standard InChI is InChI=1S/C25H32BrN3O3/c1-7-20(26)11-8-18(2)22(17-29(6)24(30)32-25(3,4)5)19-9-12-21(13-10-19)31-23-16-27-14-15-28-23/h7-14,16,22,28H,2,15,17H2,1,3-6H3/b11-8-,20-7+. The van der Waals surface area contributed by atoms with Crippen LogP contribution < -0.4 is 10.1 Å². The average molecular weight is 502 g/mol. The zero-order chi connectivity index (χ0) is 23.7. The number of nitrogens with zero attached hydrogens (tertiary/aromatic N) is 2. The molecule has 0 radical (unpaired) electrons. The lowest BCUT2D eigenvalue weighted by atomic mass is 9.91. The van der Waals surface area contributed by atoms with Gasteiger partial charge in [0.2, 0.25) is 5.88 Å². The van der Waals surface area contributed by atoms with Crippen LogP contribution in [0.15, 0.2) is 76.2 Å². The highest BCUT2D eigenvalue weighted by Crippen LogP contribution is 2.28. The number of likely N-dealkylation sites (N-methyl/N-ethyl adjacent to an activating group) is 1. The molecule has 0 aromatic heterocycles. The Labute approximate surface area is 199 Å². The molecule has 1 aliphatic rings. The number of rotatable bonds is 8. The van der Waals surface area contributed by atoms with E-state index in [0.29, 0.717) is 24.7 Å². The molecule has 6 nitrogen and oxygen atoms in total. The number of halogens is 1. The van der Waals surface area contributed by atoms with Gasteiger partial charge in [0.15, 0.2) is 0 Å². The summed E-state index contributed by atoms with van der Waals surface area (Å²) in [6.45, 7) is 12.8. The highest BCUT2D eigenvalue weighted by atomic mass is 79.9. The maximum Gasteiger partial charge on any atom is 0.410 e. The van der Waals surface area contributed by atoms with E-state index < -0.39 is 5.60 Å². The minimum absolute atomic E-state index is 0.119. The number of carbonyl (C=O) groups excluding carboxylic acids is 1. The van der Waals surface area contributed by atoms with Crippen molar-refractivity contribution in [3.63, 3.8) is 0 Å². The third-order valence-corrected chi connectivity index (χ3v) is 5.24. The van der Waals surface area contributed by atoms with Gasteiger partial charge in [-0.1, -0.05) is 46.8 Å². The highest BCUT2D eigenvalue weighted by molar-refractivity contribution is 9.11. The summed E-state index contributed by atoms with van der Waals surface area (Å²) < 4.78 is 12.3. The number of ether oxygens (including phenoxy) is 2. The summed E-state index contributed by atoms with van der Waals surface area (Å²) >= 11 is 3.49. The third-order valence-electron chi connectivity index (χ3n) is 4.52. The Morgan fingerprint density at radius 2 is 2.00 bits per heavy atom. The Kier molecular flexibility index (Phi) is 9.32. The molecule has 32 heavy (non-hydrogen) atoms. The molecule has 1 aromatic rings. The van der Waals surface area contributed by atoms with Gasteiger partial charge in [-0.15, -0.1) is 0 Å². The van der Waals surface area contributed by atoms with Crippen LogP contribution in [0.25, 0.3) is 0 Å². The Hall–Kier alpha value is -2.80. The molecule has 172 valence electrons. The second-order valence-corrected chi connectivity index (χ2v) is 9.29. The minimum Gasteiger partial charge on any atom is -0.444 e. The number of hydrogen-bond acceptors (Lipinski definition) is 5. The van der Waals surface area contributed by atoms with Crippen molar-refractivity contribution in [2.24, 2.45) is 4.99 Å². The number of allylic oxidation sites excluding steroid dienone is 4. The molecule has 0 spiro atoms. The number of aliphatic imine (C=N–C) groups is 1.